The van der Waals surface area contributed by atoms with Crippen molar-refractivity contribution in [3.05, 3.63) is 28.7 Å². The van der Waals surface area contributed by atoms with Crippen LogP contribution in [0.5, 0.6) is 0 Å². The number of ether oxygens (including phenoxy) is 1. The first-order valence-corrected chi connectivity index (χ1v) is 10.2. The molecule has 0 aliphatic rings. The van der Waals surface area contributed by atoms with E-state index < -0.39 is 33.7 Å². The van der Waals surface area contributed by atoms with Gasteiger partial charge in [-0.05, 0) is 51.0 Å². The van der Waals surface area contributed by atoms with Gasteiger partial charge in [0.15, 0.2) is 0 Å². The normalized spacial score (nSPS) is 13.2. The van der Waals surface area contributed by atoms with Gasteiger partial charge < -0.3 is 4.74 Å². The second-order valence-electron chi connectivity index (χ2n) is 6.91. The predicted octanol–water partition coefficient (Wildman–Crippen LogP) is 2.31. The Morgan fingerprint density at radius 3 is 2.08 bits per heavy atom. The Kier molecular flexibility index (Phi) is 7.60. The molecular formula is C16H24BrN3O5S. The van der Waals surface area contributed by atoms with Crippen LogP contribution in [0.25, 0.3) is 0 Å². The van der Waals surface area contributed by atoms with Crippen LogP contribution >= 0.6 is 15.9 Å². The summed E-state index contributed by atoms with van der Waals surface area (Å²) in [5.41, 5.74) is 3.55. The number of halogens is 1. The Balaban J connectivity index is 2.80. The van der Waals surface area contributed by atoms with E-state index in [4.69, 9.17) is 4.74 Å². The highest BCUT2D eigenvalue weighted by atomic mass is 79.9. The fourth-order valence-corrected chi connectivity index (χ4v) is 3.44. The first-order chi connectivity index (χ1) is 11.8. The summed E-state index contributed by atoms with van der Waals surface area (Å²) in [5.74, 6) is -1.06. The molecule has 0 aliphatic carbocycles. The molecule has 1 aromatic carbocycles. The maximum atomic E-state index is 12.5. The third-order valence-electron chi connectivity index (χ3n) is 3.04. The van der Waals surface area contributed by atoms with E-state index in [1.165, 1.54) is 12.1 Å². The molecule has 0 spiro atoms. The lowest BCUT2D eigenvalue weighted by Gasteiger charge is -2.23. The van der Waals surface area contributed by atoms with Gasteiger partial charge in [-0.15, -0.1) is 0 Å². The zero-order valence-electron chi connectivity index (χ0n) is 15.3. The summed E-state index contributed by atoms with van der Waals surface area (Å²) in [4.78, 5) is 23.9. The lowest BCUT2D eigenvalue weighted by molar-refractivity contribution is -0.124. The molecule has 0 saturated heterocycles. The van der Waals surface area contributed by atoms with E-state index in [-0.39, 0.29) is 10.8 Å². The molecule has 3 N–H and O–H groups in total. The van der Waals surface area contributed by atoms with Crippen LogP contribution in [0.1, 0.15) is 34.6 Å². The highest BCUT2D eigenvalue weighted by Crippen LogP contribution is 2.16. The molecule has 1 atom stereocenters. The molecular weight excluding hydrogens is 426 g/mol. The minimum atomic E-state index is -3.91. The third-order valence-corrected chi connectivity index (χ3v) is 5.03. The van der Waals surface area contributed by atoms with Crippen molar-refractivity contribution < 1.29 is 22.7 Å². The van der Waals surface area contributed by atoms with Crippen LogP contribution in [0.3, 0.4) is 0 Å². The topological polar surface area (TPSA) is 114 Å². The van der Waals surface area contributed by atoms with Gasteiger partial charge in [0.2, 0.25) is 10.0 Å². The Morgan fingerprint density at radius 1 is 1.08 bits per heavy atom. The second kappa shape index (κ2) is 8.83. The van der Waals surface area contributed by atoms with Crippen molar-refractivity contribution in [2.45, 2.75) is 51.2 Å². The van der Waals surface area contributed by atoms with Gasteiger partial charge in [0.25, 0.3) is 5.91 Å². The second-order valence-corrected chi connectivity index (χ2v) is 9.54. The van der Waals surface area contributed by atoms with E-state index in [0.717, 1.165) is 4.47 Å². The largest absolute Gasteiger partial charge is 0.443 e. The molecule has 0 fully saturated rings. The summed E-state index contributed by atoms with van der Waals surface area (Å²) in [5, 5.41) is 0. The molecule has 146 valence electrons. The van der Waals surface area contributed by atoms with Gasteiger partial charge in [0, 0.05) is 4.47 Å². The van der Waals surface area contributed by atoms with Crippen molar-refractivity contribution in [2.24, 2.45) is 5.92 Å². The number of hydrogen-bond donors (Lipinski definition) is 3. The molecule has 0 aromatic heterocycles. The number of amides is 2. The smallest absolute Gasteiger partial charge is 0.426 e. The lowest BCUT2D eigenvalue weighted by Crippen LogP contribution is -2.54. The lowest BCUT2D eigenvalue weighted by atomic mass is 10.1. The highest BCUT2D eigenvalue weighted by molar-refractivity contribution is 9.10. The molecule has 0 radical (unpaired) electrons. The Bertz CT molecular complexity index is 742. The summed E-state index contributed by atoms with van der Waals surface area (Å²) in [6, 6.07) is 4.92. The maximum absolute atomic E-state index is 12.5. The van der Waals surface area contributed by atoms with Crippen molar-refractivity contribution in [3.63, 3.8) is 0 Å². The minimum Gasteiger partial charge on any atom is -0.443 e. The van der Waals surface area contributed by atoms with Gasteiger partial charge in [0.1, 0.15) is 11.6 Å². The van der Waals surface area contributed by atoms with E-state index in [1.54, 1.807) is 46.8 Å². The minimum absolute atomic E-state index is 0.0271. The van der Waals surface area contributed by atoms with Gasteiger partial charge in [0.05, 0.1) is 4.90 Å². The molecule has 1 aromatic rings. The highest BCUT2D eigenvalue weighted by Gasteiger charge is 2.29. The van der Waals surface area contributed by atoms with Crippen LogP contribution in [0, 0.1) is 5.92 Å². The van der Waals surface area contributed by atoms with E-state index in [0.29, 0.717) is 0 Å². The van der Waals surface area contributed by atoms with Crippen LogP contribution in [0.15, 0.2) is 33.6 Å². The summed E-state index contributed by atoms with van der Waals surface area (Å²) < 4.78 is 33.0. The van der Waals surface area contributed by atoms with E-state index >= 15 is 0 Å². The van der Waals surface area contributed by atoms with Crippen LogP contribution in [-0.4, -0.2) is 32.1 Å². The van der Waals surface area contributed by atoms with Crippen molar-refractivity contribution in [2.75, 3.05) is 0 Å². The first kappa shape index (κ1) is 22.4. The summed E-state index contributed by atoms with van der Waals surface area (Å²) in [6.07, 6.45) is -0.843. The first-order valence-electron chi connectivity index (χ1n) is 7.88. The molecule has 0 aliphatic heterocycles. The third kappa shape index (κ3) is 7.30. The summed E-state index contributed by atoms with van der Waals surface area (Å²) in [6.45, 7) is 8.40. The molecule has 1 unspecified atom stereocenters. The Morgan fingerprint density at radius 2 is 1.62 bits per heavy atom. The number of hydrazine groups is 1. The fourth-order valence-electron chi connectivity index (χ4n) is 1.84. The average molecular weight is 450 g/mol. The van der Waals surface area contributed by atoms with Crippen molar-refractivity contribution >= 4 is 38.0 Å². The van der Waals surface area contributed by atoms with Crippen LogP contribution in [-0.2, 0) is 19.6 Å². The summed E-state index contributed by atoms with van der Waals surface area (Å²) in [7, 11) is -3.91. The fraction of sp³-hybridized carbons (Fsp3) is 0.500. The standard InChI is InChI=1S/C16H24BrN3O5S/c1-10(2)13(14(21)18-19-15(22)25-16(3,4)5)20-26(23,24)12-8-6-11(17)7-9-12/h6-10,13,20H,1-5H3,(H,18,21)(H,19,22). The van der Waals surface area contributed by atoms with Gasteiger partial charge >= 0.3 is 6.09 Å². The number of nitrogens with one attached hydrogen (secondary N) is 3. The SMILES string of the molecule is CC(C)C(NS(=O)(=O)c1ccc(Br)cc1)C(=O)NNC(=O)OC(C)(C)C. The van der Waals surface area contributed by atoms with Crippen molar-refractivity contribution in [1.29, 1.82) is 0 Å². The molecule has 10 heteroatoms. The van der Waals surface area contributed by atoms with Gasteiger partial charge in [-0.3, -0.25) is 10.2 Å². The van der Waals surface area contributed by atoms with E-state index in [1.807, 2.05) is 0 Å². The maximum Gasteiger partial charge on any atom is 0.426 e. The molecule has 0 bridgehead atoms. The zero-order chi connectivity index (χ0) is 20.1. The van der Waals surface area contributed by atoms with Gasteiger partial charge in [-0.1, -0.05) is 29.8 Å². The van der Waals surface area contributed by atoms with Crippen molar-refractivity contribution in [1.82, 2.24) is 15.6 Å². The molecule has 1 rings (SSSR count). The Hall–Kier alpha value is -1.65. The van der Waals surface area contributed by atoms with Crippen LogP contribution in [0.4, 0.5) is 4.79 Å². The monoisotopic (exact) mass is 449 g/mol. The number of sulfonamides is 1. The molecule has 26 heavy (non-hydrogen) atoms. The number of rotatable bonds is 5. The van der Waals surface area contributed by atoms with Gasteiger partial charge in [-0.25, -0.2) is 18.6 Å². The zero-order valence-corrected chi connectivity index (χ0v) is 17.7. The number of hydrogen-bond acceptors (Lipinski definition) is 5. The Labute approximate surface area is 162 Å². The van der Waals surface area contributed by atoms with Crippen LogP contribution < -0.4 is 15.6 Å². The number of benzene rings is 1. The molecule has 2 amide bonds. The summed E-state index contributed by atoms with van der Waals surface area (Å²) >= 11 is 3.23. The van der Waals surface area contributed by atoms with Crippen LogP contribution in [0.2, 0.25) is 0 Å². The number of carbonyl (C=O) groups excluding carboxylic acids is 2. The van der Waals surface area contributed by atoms with Crippen molar-refractivity contribution in [3.8, 4) is 0 Å². The quantitative estimate of drug-likeness (QED) is 0.596. The molecule has 0 saturated carbocycles. The average Bonchev–Trinajstić information content (AvgIpc) is 2.49. The molecule has 8 nitrogen and oxygen atoms in total. The predicted molar refractivity (Wildman–Crippen MR) is 101 cm³/mol. The van der Waals surface area contributed by atoms with E-state index in [9.17, 15) is 18.0 Å². The number of carbonyl (C=O) groups is 2. The molecule has 0 heterocycles. The van der Waals surface area contributed by atoms with Gasteiger partial charge in [-0.2, -0.15) is 4.72 Å². The van der Waals surface area contributed by atoms with E-state index in [2.05, 4.69) is 31.5 Å².